The van der Waals surface area contributed by atoms with Gasteiger partial charge in [0.25, 0.3) is 0 Å². The number of halogens is 2. The van der Waals surface area contributed by atoms with Crippen molar-refractivity contribution in [1.29, 1.82) is 0 Å². The minimum Gasteiger partial charge on any atom is -0.340 e. The molecule has 7 heteroatoms. The average Bonchev–Trinajstić information content (AvgIpc) is 2.60. The van der Waals surface area contributed by atoms with E-state index in [2.05, 4.69) is 25.7 Å². The number of carbonyl (C=O) groups excluding carboxylic acids is 1. The number of amides is 1. The van der Waals surface area contributed by atoms with Gasteiger partial charge in [-0.1, -0.05) is 22.0 Å². The van der Waals surface area contributed by atoms with Crippen LogP contribution in [0.5, 0.6) is 0 Å². The quantitative estimate of drug-likeness (QED) is 0.753. The zero-order valence-electron chi connectivity index (χ0n) is 13.7. The third-order valence-electron chi connectivity index (χ3n) is 4.60. The Morgan fingerprint density at radius 3 is 2.42 bits per heavy atom. The van der Waals surface area contributed by atoms with E-state index in [1.807, 2.05) is 28.8 Å². The fourth-order valence-corrected chi connectivity index (χ4v) is 4.34. The first-order valence-electron chi connectivity index (χ1n) is 8.36. The van der Waals surface area contributed by atoms with Crippen LogP contribution in [0, 0.1) is 5.82 Å². The van der Waals surface area contributed by atoms with Crippen molar-refractivity contribution in [3.63, 3.8) is 0 Å². The first-order chi connectivity index (χ1) is 11.6. The smallest absolute Gasteiger partial charge is 0.236 e. The van der Waals surface area contributed by atoms with Crippen molar-refractivity contribution in [3.05, 3.63) is 34.1 Å². The summed E-state index contributed by atoms with van der Waals surface area (Å²) in [5, 5.41) is 0. The first-order valence-corrected chi connectivity index (χ1v) is 10.3. The molecule has 0 spiro atoms. The maximum atomic E-state index is 13.9. The number of hydrogen-bond acceptors (Lipinski definition) is 4. The van der Waals surface area contributed by atoms with Gasteiger partial charge in [-0.15, -0.1) is 0 Å². The van der Waals surface area contributed by atoms with E-state index >= 15 is 0 Å². The molecular weight excluding hydrogens is 393 g/mol. The Balaban J connectivity index is 1.44. The maximum absolute atomic E-state index is 13.9. The van der Waals surface area contributed by atoms with Gasteiger partial charge in [-0.25, -0.2) is 4.39 Å². The van der Waals surface area contributed by atoms with Gasteiger partial charge in [0, 0.05) is 67.4 Å². The van der Waals surface area contributed by atoms with E-state index in [9.17, 15) is 9.18 Å². The van der Waals surface area contributed by atoms with Crippen molar-refractivity contribution in [2.24, 2.45) is 0 Å². The van der Waals surface area contributed by atoms with Crippen LogP contribution in [-0.4, -0.2) is 77.9 Å². The number of thioether (sulfide) groups is 1. The molecule has 0 aliphatic carbocycles. The van der Waals surface area contributed by atoms with E-state index in [-0.39, 0.29) is 11.7 Å². The molecular formula is C17H23BrFN3OS. The molecule has 4 nitrogen and oxygen atoms in total. The van der Waals surface area contributed by atoms with Crippen LogP contribution >= 0.6 is 27.7 Å². The lowest BCUT2D eigenvalue weighted by Gasteiger charge is -2.36. The molecule has 1 aromatic rings. The SMILES string of the molecule is O=C(CN1CCN(Cc2ccc(Br)cc2F)CC1)N1CCSCC1. The molecule has 2 aliphatic heterocycles. The second kappa shape index (κ2) is 8.65. The molecule has 0 unspecified atom stereocenters. The topological polar surface area (TPSA) is 26.8 Å². The van der Waals surface area contributed by atoms with Gasteiger partial charge in [0.1, 0.15) is 5.82 Å². The Hall–Kier alpha value is -0.630. The minimum atomic E-state index is -0.162. The molecule has 0 radical (unpaired) electrons. The van der Waals surface area contributed by atoms with Crippen molar-refractivity contribution in [2.75, 3.05) is 57.3 Å². The predicted octanol–water partition coefficient (Wildman–Crippen LogP) is 2.28. The molecule has 0 atom stereocenters. The van der Waals surface area contributed by atoms with Crippen molar-refractivity contribution in [1.82, 2.24) is 14.7 Å². The van der Waals surface area contributed by atoms with Crippen LogP contribution < -0.4 is 0 Å². The van der Waals surface area contributed by atoms with E-state index in [0.29, 0.717) is 13.1 Å². The molecule has 132 valence electrons. The lowest BCUT2D eigenvalue weighted by Crippen LogP contribution is -2.50. The molecule has 1 aromatic carbocycles. The van der Waals surface area contributed by atoms with Crippen LogP contribution in [0.1, 0.15) is 5.56 Å². The second-order valence-corrected chi connectivity index (χ2v) is 8.42. The molecule has 1 amide bonds. The summed E-state index contributed by atoms with van der Waals surface area (Å²) in [6, 6.07) is 5.23. The molecule has 24 heavy (non-hydrogen) atoms. The molecule has 2 saturated heterocycles. The summed E-state index contributed by atoms with van der Waals surface area (Å²) in [6.07, 6.45) is 0. The lowest BCUT2D eigenvalue weighted by molar-refractivity contribution is -0.132. The fourth-order valence-electron chi connectivity index (χ4n) is 3.10. The van der Waals surface area contributed by atoms with E-state index < -0.39 is 0 Å². The molecule has 0 aromatic heterocycles. The predicted molar refractivity (Wildman–Crippen MR) is 99.7 cm³/mol. The highest BCUT2D eigenvalue weighted by Gasteiger charge is 2.23. The molecule has 0 saturated carbocycles. The summed E-state index contributed by atoms with van der Waals surface area (Å²) in [7, 11) is 0. The number of nitrogens with zero attached hydrogens (tertiary/aromatic N) is 3. The molecule has 2 heterocycles. The van der Waals surface area contributed by atoms with Gasteiger partial charge in [0.15, 0.2) is 0 Å². The van der Waals surface area contributed by atoms with Crippen molar-refractivity contribution in [3.8, 4) is 0 Å². The average molecular weight is 416 g/mol. The summed E-state index contributed by atoms with van der Waals surface area (Å²) in [5.74, 6) is 2.20. The van der Waals surface area contributed by atoms with Crippen molar-refractivity contribution < 1.29 is 9.18 Å². The monoisotopic (exact) mass is 415 g/mol. The zero-order valence-corrected chi connectivity index (χ0v) is 16.1. The van der Waals surface area contributed by atoms with Crippen LogP contribution in [0.15, 0.2) is 22.7 Å². The minimum absolute atomic E-state index is 0.162. The third kappa shape index (κ3) is 4.94. The molecule has 2 aliphatic rings. The van der Waals surface area contributed by atoms with Gasteiger partial charge in [0.05, 0.1) is 6.54 Å². The van der Waals surface area contributed by atoms with Crippen LogP contribution in [0.25, 0.3) is 0 Å². The highest BCUT2D eigenvalue weighted by molar-refractivity contribution is 9.10. The second-order valence-electron chi connectivity index (χ2n) is 6.28. The molecule has 3 rings (SSSR count). The van der Waals surface area contributed by atoms with Gasteiger partial charge in [-0.3, -0.25) is 14.6 Å². The number of hydrogen-bond donors (Lipinski definition) is 0. The zero-order chi connectivity index (χ0) is 16.9. The lowest BCUT2D eigenvalue weighted by atomic mass is 10.2. The molecule has 2 fully saturated rings. The number of carbonyl (C=O) groups is 1. The summed E-state index contributed by atoms with van der Waals surface area (Å²) in [6.45, 7) is 6.39. The van der Waals surface area contributed by atoms with Crippen LogP contribution in [0.4, 0.5) is 4.39 Å². The number of rotatable bonds is 4. The highest BCUT2D eigenvalue weighted by atomic mass is 79.9. The number of benzene rings is 1. The first kappa shape index (κ1) is 18.2. The van der Waals surface area contributed by atoms with E-state index in [4.69, 9.17) is 0 Å². The van der Waals surface area contributed by atoms with Crippen LogP contribution in [0.3, 0.4) is 0 Å². The van der Waals surface area contributed by atoms with Gasteiger partial charge in [0.2, 0.25) is 5.91 Å². The van der Waals surface area contributed by atoms with Crippen molar-refractivity contribution >= 4 is 33.6 Å². The standard InChI is InChI=1S/C17H23BrFN3OS/c18-15-2-1-14(16(19)11-15)12-20-3-5-21(6-4-20)13-17(23)22-7-9-24-10-8-22/h1-2,11H,3-10,12-13H2. The third-order valence-corrected chi connectivity index (χ3v) is 6.03. The summed E-state index contributed by atoms with van der Waals surface area (Å²) >= 11 is 5.21. The summed E-state index contributed by atoms with van der Waals surface area (Å²) in [5.41, 5.74) is 0.730. The van der Waals surface area contributed by atoms with Gasteiger partial charge >= 0.3 is 0 Å². The summed E-state index contributed by atoms with van der Waals surface area (Å²) < 4.78 is 14.7. The fraction of sp³-hybridized carbons (Fsp3) is 0.588. The summed E-state index contributed by atoms with van der Waals surface area (Å²) in [4.78, 5) is 18.8. The van der Waals surface area contributed by atoms with E-state index in [1.54, 1.807) is 0 Å². The van der Waals surface area contributed by atoms with Crippen LogP contribution in [0.2, 0.25) is 0 Å². The maximum Gasteiger partial charge on any atom is 0.236 e. The number of piperazine rings is 1. The Bertz CT molecular complexity index is 575. The van der Waals surface area contributed by atoms with Crippen molar-refractivity contribution in [2.45, 2.75) is 6.54 Å². The Labute approximate surface area is 155 Å². The molecule has 0 bridgehead atoms. The van der Waals surface area contributed by atoms with Crippen LogP contribution in [-0.2, 0) is 11.3 Å². The van der Waals surface area contributed by atoms with E-state index in [0.717, 1.165) is 60.8 Å². The normalized spacial score (nSPS) is 20.3. The molecule has 0 N–H and O–H groups in total. The van der Waals surface area contributed by atoms with Gasteiger partial charge in [-0.05, 0) is 12.1 Å². The van der Waals surface area contributed by atoms with Gasteiger partial charge < -0.3 is 4.90 Å². The largest absolute Gasteiger partial charge is 0.340 e. The van der Waals surface area contributed by atoms with Gasteiger partial charge in [-0.2, -0.15) is 11.8 Å². The Morgan fingerprint density at radius 1 is 1.08 bits per heavy atom. The van der Waals surface area contributed by atoms with E-state index in [1.165, 1.54) is 6.07 Å². The Kier molecular flexibility index (Phi) is 6.55. The highest BCUT2D eigenvalue weighted by Crippen LogP contribution is 2.18. The Morgan fingerprint density at radius 2 is 1.75 bits per heavy atom.